The highest BCUT2D eigenvalue weighted by Crippen LogP contribution is 2.15. The molecule has 2 rings (SSSR count). The third-order valence-electron chi connectivity index (χ3n) is 2.12. The molecule has 6 heteroatoms. The predicted molar refractivity (Wildman–Crippen MR) is 55.3 cm³/mol. The predicted octanol–water partition coefficient (Wildman–Crippen LogP) is 2.48. The number of rotatable bonds is 1. The zero-order valence-corrected chi connectivity index (χ0v) is 8.45. The monoisotopic (exact) mass is 240 g/mol. The van der Waals surface area contributed by atoms with Crippen molar-refractivity contribution < 1.29 is 18.0 Å². The minimum absolute atomic E-state index is 0.0754. The van der Waals surface area contributed by atoms with Gasteiger partial charge < -0.3 is 0 Å². The summed E-state index contributed by atoms with van der Waals surface area (Å²) in [4.78, 5) is 15.2. The Labute approximate surface area is 94.3 Å². The molecule has 0 aliphatic heterocycles. The van der Waals surface area contributed by atoms with Gasteiger partial charge in [-0.05, 0) is 18.2 Å². The van der Waals surface area contributed by atoms with Crippen LogP contribution < -0.4 is 5.32 Å². The van der Waals surface area contributed by atoms with Crippen molar-refractivity contribution in [2.75, 3.05) is 0 Å². The first-order chi connectivity index (χ1) is 7.96. The van der Waals surface area contributed by atoms with Crippen LogP contribution in [0.5, 0.6) is 0 Å². The Bertz CT molecular complexity index is 566. The van der Waals surface area contributed by atoms with Crippen LogP contribution in [0.1, 0.15) is 10.4 Å². The van der Waals surface area contributed by atoms with Crippen LogP contribution in [0.25, 0.3) is 10.9 Å². The number of aromatic nitrogens is 1. The van der Waals surface area contributed by atoms with Gasteiger partial charge in [0.25, 0.3) is 5.91 Å². The van der Waals surface area contributed by atoms with Crippen LogP contribution in [0.3, 0.4) is 0 Å². The van der Waals surface area contributed by atoms with E-state index in [0.29, 0.717) is 5.52 Å². The number of benzene rings is 1. The van der Waals surface area contributed by atoms with Crippen LogP contribution in [-0.2, 0) is 0 Å². The molecule has 2 aromatic rings. The van der Waals surface area contributed by atoms with Crippen LogP contribution in [0.2, 0.25) is 0 Å². The number of carbonyl (C=O) groups excluding carboxylic acids is 1. The average molecular weight is 240 g/mol. The van der Waals surface area contributed by atoms with Crippen molar-refractivity contribution in [1.29, 1.82) is 0 Å². The van der Waals surface area contributed by atoms with Crippen molar-refractivity contribution in [2.45, 2.75) is 6.30 Å². The number of nitrogens with zero attached hydrogens (tertiary/aromatic N) is 1. The van der Waals surface area contributed by atoms with Gasteiger partial charge in [0.15, 0.2) is 0 Å². The molecule has 1 aromatic carbocycles. The van der Waals surface area contributed by atoms with Gasteiger partial charge in [0.2, 0.25) is 0 Å². The summed E-state index contributed by atoms with van der Waals surface area (Å²) in [6.07, 6.45) is -3.22. The molecule has 0 saturated heterocycles. The topological polar surface area (TPSA) is 42.0 Å². The Hall–Kier alpha value is -2.11. The van der Waals surface area contributed by atoms with Crippen molar-refractivity contribution >= 4 is 16.8 Å². The van der Waals surface area contributed by atoms with Gasteiger partial charge in [-0.25, -0.2) is 0 Å². The number of pyridine rings is 1. The third-order valence-corrected chi connectivity index (χ3v) is 2.12. The molecule has 0 unspecified atom stereocenters. The largest absolute Gasteiger partial charge is 0.484 e. The summed E-state index contributed by atoms with van der Waals surface area (Å²) < 4.78 is 35.9. The van der Waals surface area contributed by atoms with Gasteiger partial charge >= 0.3 is 6.30 Å². The van der Waals surface area contributed by atoms with Gasteiger partial charge in [-0.1, -0.05) is 12.1 Å². The van der Waals surface area contributed by atoms with E-state index in [2.05, 4.69) is 4.98 Å². The van der Waals surface area contributed by atoms with Gasteiger partial charge in [-0.3, -0.25) is 15.1 Å². The van der Waals surface area contributed by atoms with Gasteiger partial charge in [0.1, 0.15) is 0 Å². The zero-order chi connectivity index (χ0) is 12.5. The first-order valence-corrected chi connectivity index (χ1v) is 4.70. The molecule has 1 aromatic heterocycles. The summed E-state index contributed by atoms with van der Waals surface area (Å²) in [6.45, 7) is 0. The molecule has 1 amide bonds. The van der Waals surface area contributed by atoms with Gasteiger partial charge in [-0.2, -0.15) is 13.2 Å². The first-order valence-electron chi connectivity index (χ1n) is 4.70. The van der Waals surface area contributed by atoms with Crippen molar-refractivity contribution in [3.63, 3.8) is 0 Å². The van der Waals surface area contributed by atoms with Crippen LogP contribution in [0.15, 0.2) is 36.5 Å². The van der Waals surface area contributed by atoms with Crippen molar-refractivity contribution in [1.82, 2.24) is 10.3 Å². The minimum atomic E-state index is -4.73. The van der Waals surface area contributed by atoms with Crippen LogP contribution in [0, 0.1) is 0 Å². The Kier molecular flexibility index (Phi) is 2.71. The molecule has 0 fully saturated rings. The zero-order valence-electron chi connectivity index (χ0n) is 8.45. The second-order valence-corrected chi connectivity index (χ2v) is 3.36. The number of halogens is 3. The van der Waals surface area contributed by atoms with E-state index in [1.165, 1.54) is 18.3 Å². The van der Waals surface area contributed by atoms with Gasteiger partial charge in [-0.15, -0.1) is 0 Å². The molecule has 1 heterocycles. The normalized spacial score (nSPS) is 11.5. The van der Waals surface area contributed by atoms with Gasteiger partial charge in [0.05, 0.1) is 5.52 Å². The number of nitrogens with one attached hydrogen (secondary N) is 1. The van der Waals surface area contributed by atoms with Crippen LogP contribution >= 0.6 is 0 Å². The summed E-state index contributed by atoms with van der Waals surface area (Å²) in [5.41, 5.74) is 0.399. The second-order valence-electron chi connectivity index (χ2n) is 3.36. The number of hydrogen-bond acceptors (Lipinski definition) is 2. The van der Waals surface area contributed by atoms with Gasteiger partial charge in [0, 0.05) is 17.1 Å². The summed E-state index contributed by atoms with van der Waals surface area (Å²) >= 11 is 0. The molecule has 0 spiro atoms. The van der Waals surface area contributed by atoms with E-state index < -0.39 is 12.2 Å². The molecule has 0 bridgehead atoms. The Balaban J connectivity index is 2.33. The highest BCUT2D eigenvalue weighted by Gasteiger charge is 2.30. The van der Waals surface area contributed by atoms with Crippen molar-refractivity contribution in [2.24, 2.45) is 0 Å². The summed E-state index contributed by atoms with van der Waals surface area (Å²) in [7, 11) is 0. The quantitative estimate of drug-likeness (QED) is 0.778. The second kappa shape index (κ2) is 4.04. The molecule has 0 atom stereocenters. The van der Waals surface area contributed by atoms with Crippen molar-refractivity contribution in [3.05, 3.63) is 42.1 Å². The van der Waals surface area contributed by atoms with Crippen LogP contribution in [0.4, 0.5) is 13.2 Å². The van der Waals surface area contributed by atoms with E-state index in [-0.39, 0.29) is 5.56 Å². The third kappa shape index (κ3) is 2.72. The molecule has 88 valence electrons. The fourth-order valence-electron chi connectivity index (χ4n) is 1.41. The Morgan fingerprint density at radius 3 is 2.71 bits per heavy atom. The lowest BCUT2D eigenvalue weighted by molar-refractivity contribution is -0.146. The lowest BCUT2D eigenvalue weighted by atomic mass is 10.1. The molecule has 1 N–H and O–H groups in total. The molecular weight excluding hydrogens is 233 g/mol. The van der Waals surface area contributed by atoms with E-state index >= 15 is 0 Å². The first kappa shape index (κ1) is 11.4. The minimum Gasteiger partial charge on any atom is -0.269 e. The van der Waals surface area contributed by atoms with E-state index in [1.54, 1.807) is 18.2 Å². The molecule has 17 heavy (non-hydrogen) atoms. The highest BCUT2D eigenvalue weighted by atomic mass is 19.4. The van der Waals surface area contributed by atoms with E-state index in [4.69, 9.17) is 0 Å². The van der Waals surface area contributed by atoms with E-state index in [1.807, 2.05) is 0 Å². The maximum Gasteiger partial charge on any atom is 0.484 e. The van der Waals surface area contributed by atoms with E-state index in [0.717, 1.165) is 10.7 Å². The molecule has 3 nitrogen and oxygen atoms in total. The molecule has 0 saturated carbocycles. The summed E-state index contributed by atoms with van der Waals surface area (Å²) in [6, 6.07) is 7.65. The number of carbonyl (C=O) groups is 1. The van der Waals surface area contributed by atoms with Crippen molar-refractivity contribution in [3.8, 4) is 0 Å². The fraction of sp³-hybridized carbons (Fsp3) is 0.0909. The maximum absolute atomic E-state index is 12.0. The Morgan fingerprint density at radius 2 is 2.00 bits per heavy atom. The molecule has 0 aliphatic carbocycles. The molecule has 0 aliphatic rings. The highest BCUT2D eigenvalue weighted by molar-refractivity contribution is 5.97. The lowest BCUT2D eigenvalue weighted by Gasteiger charge is -2.08. The number of hydrogen-bond donors (Lipinski definition) is 1. The lowest BCUT2D eigenvalue weighted by Crippen LogP contribution is -2.37. The molecular formula is C11H7F3N2O. The Morgan fingerprint density at radius 1 is 1.24 bits per heavy atom. The smallest absolute Gasteiger partial charge is 0.269 e. The summed E-state index contributed by atoms with van der Waals surface area (Å²) in [5.74, 6) is -1.19. The van der Waals surface area contributed by atoms with Crippen LogP contribution in [-0.4, -0.2) is 17.2 Å². The maximum atomic E-state index is 12.0. The fourth-order valence-corrected chi connectivity index (χ4v) is 1.41. The van der Waals surface area contributed by atoms with E-state index in [9.17, 15) is 18.0 Å². The SMILES string of the molecule is O=C(NC(F)(F)F)c1ccc2cccnc2c1. The number of fused-ring (bicyclic) bond motifs is 1. The average Bonchev–Trinajstić information content (AvgIpc) is 2.26. The number of alkyl halides is 3. The standard InChI is InChI=1S/C11H7F3N2O/c12-11(13,14)16-10(17)8-4-3-7-2-1-5-15-9(7)6-8/h1-6H,(H,16,17). The summed E-state index contributed by atoms with van der Waals surface area (Å²) in [5, 5.41) is 1.69. The number of amides is 1. The molecule has 0 radical (unpaired) electrons.